The van der Waals surface area contributed by atoms with E-state index >= 15 is 0 Å². The molecular formula is C19H24N4O5S. The summed E-state index contributed by atoms with van der Waals surface area (Å²) in [6, 6.07) is 11.5. The van der Waals surface area contributed by atoms with Gasteiger partial charge in [0, 0.05) is 23.7 Å². The largest absolute Gasteiger partial charge is 0.377 e. The molecule has 0 unspecified atom stereocenters. The second kappa shape index (κ2) is 8.48. The van der Waals surface area contributed by atoms with Crippen molar-refractivity contribution in [3.63, 3.8) is 0 Å². The van der Waals surface area contributed by atoms with Crippen LogP contribution in [0.2, 0.25) is 0 Å². The van der Waals surface area contributed by atoms with Gasteiger partial charge in [-0.1, -0.05) is 30.3 Å². The van der Waals surface area contributed by atoms with Crippen LogP contribution in [0, 0.1) is 10.1 Å². The number of carbonyl (C=O) groups excluding carboxylic acids is 1. The van der Waals surface area contributed by atoms with E-state index in [-0.39, 0.29) is 11.7 Å². The number of hydrogen-bond donors (Lipinski definition) is 3. The van der Waals surface area contributed by atoms with Crippen molar-refractivity contribution in [1.29, 1.82) is 0 Å². The zero-order valence-corrected chi connectivity index (χ0v) is 17.4. The predicted octanol–water partition coefficient (Wildman–Crippen LogP) is 3.55. The number of rotatable bonds is 6. The molecule has 2 aromatic rings. The van der Waals surface area contributed by atoms with Gasteiger partial charge >= 0.3 is 6.03 Å². The summed E-state index contributed by atoms with van der Waals surface area (Å²) in [6.45, 7) is 6.91. The Labute approximate surface area is 169 Å². The van der Waals surface area contributed by atoms with Crippen molar-refractivity contribution in [2.45, 2.75) is 44.2 Å². The lowest BCUT2D eigenvalue weighted by Gasteiger charge is -2.22. The summed E-state index contributed by atoms with van der Waals surface area (Å²) in [6.07, 6.45) is 0. The third-order valence-electron chi connectivity index (χ3n) is 3.85. The van der Waals surface area contributed by atoms with Gasteiger partial charge in [-0.25, -0.2) is 17.9 Å². The molecule has 0 aliphatic heterocycles. The number of nitro benzene ring substituents is 1. The summed E-state index contributed by atoms with van der Waals surface area (Å²) in [7, 11) is -4.38. The number of amides is 2. The molecule has 0 saturated carbocycles. The maximum atomic E-state index is 12.8. The molecule has 2 rings (SSSR count). The van der Waals surface area contributed by atoms with Crippen LogP contribution < -0.4 is 15.4 Å². The first-order valence-electron chi connectivity index (χ1n) is 8.84. The SMILES string of the molecule is C[C@@H](Nc1ccc([N+](=O)[O-])cc1S(=O)(=O)NC(=O)NC(C)(C)C)c1ccccc1. The molecule has 9 nitrogen and oxygen atoms in total. The molecule has 0 radical (unpaired) electrons. The molecule has 3 N–H and O–H groups in total. The second-order valence-corrected chi connectivity index (χ2v) is 9.17. The number of non-ortho nitro benzene ring substituents is 1. The Kier molecular flexibility index (Phi) is 6.48. The molecule has 156 valence electrons. The normalized spacial score (nSPS) is 12.7. The first kappa shape index (κ1) is 22.2. The van der Waals surface area contributed by atoms with Crippen molar-refractivity contribution in [2.24, 2.45) is 0 Å². The molecule has 2 amide bonds. The van der Waals surface area contributed by atoms with Crippen LogP contribution in [0.25, 0.3) is 0 Å². The van der Waals surface area contributed by atoms with Crippen molar-refractivity contribution in [1.82, 2.24) is 10.0 Å². The summed E-state index contributed by atoms with van der Waals surface area (Å²) in [4.78, 5) is 22.1. The van der Waals surface area contributed by atoms with E-state index in [2.05, 4.69) is 10.6 Å². The predicted molar refractivity (Wildman–Crippen MR) is 110 cm³/mol. The molecule has 0 spiro atoms. The van der Waals surface area contributed by atoms with Crippen molar-refractivity contribution in [3.8, 4) is 0 Å². The molecule has 1 atom stereocenters. The number of sulfonamides is 1. The van der Waals surface area contributed by atoms with Gasteiger partial charge in [-0.2, -0.15) is 0 Å². The number of hydrogen-bond acceptors (Lipinski definition) is 6. The van der Waals surface area contributed by atoms with Gasteiger partial charge in [-0.3, -0.25) is 10.1 Å². The van der Waals surface area contributed by atoms with Gasteiger partial charge in [0.1, 0.15) is 4.90 Å². The molecular weight excluding hydrogens is 396 g/mol. The Hall–Kier alpha value is -3.14. The summed E-state index contributed by atoms with van der Waals surface area (Å²) in [5.74, 6) is 0. The van der Waals surface area contributed by atoms with Gasteiger partial charge in [-0.05, 0) is 39.3 Å². The van der Waals surface area contributed by atoms with Gasteiger partial charge in [0.05, 0.1) is 10.6 Å². The van der Waals surface area contributed by atoms with Crippen molar-refractivity contribution >= 4 is 27.4 Å². The first-order valence-corrected chi connectivity index (χ1v) is 10.3. The molecule has 0 aliphatic rings. The monoisotopic (exact) mass is 420 g/mol. The summed E-state index contributed by atoms with van der Waals surface area (Å²) >= 11 is 0. The number of nitrogens with one attached hydrogen (secondary N) is 3. The molecule has 0 fully saturated rings. The lowest BCUT2D eigenvalue weighted by atomic mass is 10.1. The van der Waals surface area contributed by atoms with E-state index in [0.29, 0.717) is 0 Å². The van der Waals surface area contributed by atoms with Crippen molar-refractivity contribution in [3.05, 3.63) is 64.2 Å². The number of anilines is 1. The fraction of sp³-hybridized carbons (Fsp3) is 0.316. The maximum Gasteiger partial charge on any atom is 0.329 e. The van der Waals surface area contributed by atoms with Gasteiger partial charge in [0.15, 0.2) is 0 Å². The molecule has 10 heteroatoms. The Morgan fingerprint density at radius 2 is 1.72 bits per heavy atom. The van der Waals surface area contributed by atoms with Gasteiger partial charge in [0.25, 0.3) is 15.7 Å². The smallest absolute Gasteiger partial charge is 0.329 e. The van der Waals surface area contributed by atoms with Gasteiger partial charge in [0.2, 0.25) is 0 Å². The van der Waals surface area contributed by atoms with Crippen molar-refractivity contribution < 1.29 is 18.1 Å². The van der Waals surface area contributed by atoms with E-state index in [1.54, 1.807) is 20.8 Å². The van der Waals surface area contributed by atoms with Crippen LogP contribution in [-0.4, -0.2) is 24.9 Å². The molecule has 0 bridgehead atoms. The highest BCUT2D eigenvalue weighted by Crippen LogP contribution is 2.29. The molecule has 0 heterocycles. The summed E-state index contributed by atoms with van der Waals surface area (Å²) in [5, 5.41) is 16.7. The second-order valence-electron chi connectivity index (χ2n) is 7.52. The zero-order chi connectivity index (χ0) is 21.8. The van der Waals surface area contributed by atoms with Crippen LogP contribution in [0.15, 0.2) is 53.4 Å². The third-order valence-corrected chi connectivity index (χ3v) is 5.22. The van der Waals surface area contributed by atoms with E-state index in [0.717, 1.165) is 11.6 Å². The first-order chi connectivity index (χ1) is 13.4. The highest BCUT2D eigenvalue weighted by molar-refractivity contribution is 7.90. The van der Waals surface area contributed by atoms with Crippen molar-refractivity contribution in [2.75, 3.05) is 5.32 Å². The van der Waals surface area contributed by atoms with Gasteiger partial charge in [-0.15, -0.1) is 0 Å². The maximum absolute atomic E-state index is 12.8. The van der Waals surface area contributed by atoms with E-state index in [1.807, 2.05) is 42.0 Å². The van der Waals surface area contributed by atoms with E-state index in [1.165, 1.54) is 12.1 Å². The highest BCUT2D eigenvalue weighted by Gasteiger charge is 2.26. The third kappa shape index (κ3) is 6.18. The van der Waals surface area contributed by atoms with Gasteiger partial charge < -0.3 is 10.6 Å². The van der Waals surface area contributed by atoms with E-state index < -0.39 is 37.1 Å². The Bertz CT molecular complexity index is 1000. The number of carbonyl (C=O) groups is 1. The minimum absolute atomic E-state index is 0.142. The Morgan fingerprint density at radius 3 is 2.28 bits per heavy atom. The van der Waals surface area contributed by atoms with E-state index in [9.17, 15) is 23.3 Å². The molecule has 0 saturated heterocycles. The number of urea groups is 1. The quantitative estimate of drug-likeness (QED) is 0.484. The van der Waals surface area contributed by atoms with E-state index in [4.69, 9.17) is 0 Å². The topological polar surface area (TPSA) is 130 Å². The molecule has 0 aromatic heterocycles. The zero-order valence-electron chi connectivity index (χ0n) is 16.6. The number of nitro groups is 1. The summed E-state index contributed by atoms with van der Waals surface area (Å²) < 4.78 is 27.5. The lowest BCUT2D eigenvalue weighted by molar-refractivity contribution is -0.385. The van der Waals surface area contributed by atoms with Crippen LogP contribution in [0.1, 0.15) is 39.3 Å². The van der Waals surface area contributed by atoms with Crippen LogP contribution >= 0.6 is 0 Å². The van der Waals surface area contributed by atoms with Crippen LogP contribution in [0.3, 0.4) is 0 Å². The Morgan fingerprint density at radius 1 is 1.10 bits per heavy atom. The highest BCUT2D eigenvalue weighted by atomic mass is 32.2. The average molecular weight is 420 g/mol. The summed E-state index contributed by atoms with van der Waals surface area (Å²) in [5.41, 5.74) is -0.0271. The molecule has 2 aromatic carbocycles. The molecule has 29 heavy (non-hydrogen) atoms. The van der Waals surface area contributed by atoms with Crippen LogP contribution in [0.5, 0.6) is 0 Å². The fourth-order valence-electron chi connectivity index (χ4n) is 2.57. The Balaban J connectivity index is 2.40. The standard InChI is InChI=1S/C19H24N4O5S/c1-13(14-8-6-5-7-9-14)20-16-11-10-15(23(25)26)12-17(16)29(27,28)22-18(24)21-19(2,3)4/h5-13,20H,1-4H3,(H2,21,22,24)/t13-/m1/s1. The lowest BCUT2D eigenvalue weighted by Crippen LogP contribution is -2.48. The average Bonchev–Trinajstić information content (AvgIpc) is 2.60. The number of benzene rings is 2. The number of nitrogens with zero attached hydrogens (tertiary/aromatic N) is 1. The van der Waals surface area contributed by atoms with Crippen LogP contribution in [0.4, 0.5) is 16.2 Å². The minimum atomic E-state index is -4.38. The molecule has 0 aliphatic carbocycles. The minimum Gasteiger partial charge on any atom is -0.377 e. The fourth-order valence-corrected chi connectivity index (χ4v) is 3.67. The van der Waals surface area contributed by atoms with Crippen LogP contribution in [-0.2, 0) is 10.0 Å².